The topological polar surface area (TPSA) is 128 Å². The Morgan fingerprint density at radius 1 is 1.15 bits per heavy atom. The summed E-state index contributed by atoms with van der Waals surface area (Å²) in [6.45, 7) is 8.99. The van der Waals surface area contributed by atoms with Gasteiger partial charge in [-0.15, -0.1) is 0 Å². The van der Waals surface area contributed by atoms with Crippen LogP contribution in [0.15, 0.2) is 29.2 Å². The molecule has 0 unspecified atom stereocenters. The van der Waals surface area contributed by atoms with Crippen LogP contribution in [0.1, 0.15) is 45.0 Å². The molecule has 0 saturated carbocycles. The minimum Gasteiger partial charge on any atom is -0.457 e. The molecule has 0 bridgehead atoms. The van der Waals surface area contributed by atoms with E-state index >= 15 is 0 Å². The zero-order chi connectivity index (χ0) is 24.8. The summed E-state index contributed by atoms with van der Waals surface area (Å²) in [7, 11) is -3.78. The van der Waals surface area contributed by atoms with Crippen molar-refractivity contribution in [3.8, 4) is 0 Å². The molecule has 1 N–H and O–H groups in total. The molecule has 1 amide bonds. The normalized spacial score (nSPS) is 16.2. The number of rotatable bonds is 8. The molecule has 1 aromatic rings. The monoisotopic (exact) mass is 484 g/mol. The van der Waals surface area contributed by atoms with Crippen molar-refractivity contribution in [2.24, 2.45) is 5.92 Å². The lowest BCUT2D eigenvalue weighted by atomic mass is 10.0. The van der Waals surface area contributed by atoms with Gasteiger partial charge in [-0.3, -0.25) is 4.79 Å². The average molecular weight is 485 g/mol. The summed E-state index contributed by atoms with van der Waals surface area (Å²) in [5, 5.41) is 2.57. The minimum absolute atomic E-state index is 0.0225. The molecule has 11 heteroatoms. The number of amides is 1. The Morgan fingerprint density at radius 2 is 1.79 bits per heavy atom. The number of morpholine rings is 1. The lowest BCUT2D eigenvalue weighted by Gasteiger charge is -2.26. The molecule has 0 spiro atoms. The van der Waals surface area contributed by atoms with Crippen molar-refractivity contribution >= 4 is 27.9 Å². The largest absolute Gasteiger partial charge is 0.457 e. The minimum atomic E-state index is -3.78. The number of carbonyl (C=O) groups excluding carboxylic acids is 3. The maximum atomic E-state index is 12.9. The van der Waals surface area contributed by atoms with Crippen molar-refractivity contribution in [3.05, 3.63) is 29.8 Å². The molecule has 1 saturated heterocycles. The van der Waals surface area contributed by atoms with Crippen LogP contribution in [0.5, 0.6) is 0 Å². The van der Waals surface area contributed by atoms with Gasteiger partial charge in [0.1, 0.15) is 11.6 Å². The van der Waals surface area contributed by atoms with Gasteiger partial charge >= 0.3 is 11.9 Å². The van der Waals surface area contributed by atoms with Gasteiger partial charge in [0, 0.05) is 18.7 Å². The van der Waals surface area contributed by atoms with E-state index in [1.165, 1.54) is 28.6 Å². The van der Waals surface area contributed by atoms with E-state index in [0.717, 1.165) is 0 Å². The van der Waals surface area contributed by atoms with Crippen LogP contribution < -0.4 is 5.32 Å². The van der Waals surface area contributed by atoms with Crippen LogP contribution in [0.25, 0.3) is 0 Å². The van der Waals surface area contributed by atoms with E-state index < -0.39 is 46.1 Å². The van der Waals surface area contributed by atoms with E-state index in [2.05, 4.69) is 5.32 Å². The maximum absolute atomic E-state index is 12.9. The number of hydrogen-bond acceptors (Lipinski definition) is 8. The smallest absolute Gasteiger partial charge is 0.344 e. The van der Waals surface area contributed by atoms with E-state index in [-0.39, 0.29) is 29.5 Å². The number of carbonyl (C=O) groups is 3. The number of benzene rings is 1. The third-order valence-electron chi connectivity index (χ3n) is 4.66. The Balaban J connectivity index is 2.09. The zero-order valence-electron chi connectivity index (χ0n) is 19.6. The zero-order valence-corrected chi connectivity index (χ0v) is 20.4. The number of nitrogens with zero attached hydrogens (tertiary/aromatic N) is 1. The van der Waals surface area contributed by atoms with E-state index in [0.29, 0.717) is 13.2 Å². The molecule has 10 nitrogen and oxygen atoms in total. The molecule has 1 aliphatic rings. The first-order valence-electron chi connectivity index (χ1n) is 10.7. The van der Waals surface area contributed by atoms with Crippen LogP contribution in [-0.2, 0) is 33.8 Å². The third-order valence-corrected chi connectivity index (χ3v) is 6.56. The first-order valence-corrected chi connectivity index (χ1v) is 12.1. The molecule has 1 fully saturated rings. The second-order valence-corrected chi connectivity index (χ2v) is 10.9. The van der Waals surface area contributed by atoms with Gasteiger partial charge in [0.05, 0.1) is 18.1 Å². The molecule has 1 aliphatic heterocycles. The Bertz CT molecular complexity index is 963. The van der Waals surface area contributed by atoms with Crippen LogP contribution in [0.2, 0.25) is 0 Å². The van der Waals surface area contributed by atoms with Gasteiger partial charge in [0.15, 0.2) is 6.61 Å². The van der Waals surface area contributed by atoms with Crippen LogP contribution >= 0.6 is 0 Å². The lowest BCUT2D eigenvalue weighted by molar-refractivity contribution is -0.167. The van der Waals surface area contributed by atoms with Crippen LogP contribution in [0.4, 0.5) is 0 Å². The summed E-state index contributed by atoms with van der Waals surface area (Å²) in [5.74, 6) is -2.48. The number of ether oxygens (including phenoxy) is 3. The summed E-state index contributed by atoms with van der Waals surface area (Å²) < 4.78 is 42.4. The molecular formula is C22H32N2O8S. The van der Waals surface area contributed by atoms with Gasteiger partial charge in [-0.05, 0) is 44.9 Å². The number of nitrogens with one attached hydrogen (secondary N) is 1. The molecule has 0 radical (unpaired) electrons. The molecule has 1 atom stereocenters. The third kappa shape index (κ3) is 7.79. The molecule has 2 rings (SSSR count). The second-order valence-electron chi connectivity index (χ2n) is 8.93. The Labute approximate surface area is 194 Å². The van der Waals surface area contributed by atoms with E-state index in [1.807, 2.05) is 0 Å². The highest BCUT2D eigenvalue weighted by atomic mass is 32.2. The highest BCUT2D eigenvalue weighted by molar-refractivity contribution is 7.89. The van der Waals surface area contributed by atoms with Gasteiger partial charge in [-0.1, -0.05) is 19.9 Å². The fraction of sp³-hybridized carbons (Fsp3) is 0.591. The lowest BCUT2D eigenvalue weighted by Crippen LogP contribution is -2.46. The summed E-state index contributed by atoms with van der Waals surface area (Å²) in [6.07, 6.45) is 0. The Hall–Kier alpha value is -2.50. The molecular weight excluding hydrogens is 452 g/mol. The van der Waals surface area contributed by atoms with Crippen molar-refractivity contribution in [3.63, 3.8) is 0 Å². The van der Waals surface area contributed by atoms with Gasteiger partial charge in [0.25, 0.3) is 5.91 Å². The van der Waals surface area contributed by atoms with Crippen molar-refractivity contribution in [2.45, 2.75) is 51.2 Å². The summed E-state index contributed by atoms with van der Waals surface area (Å²) in [6, 6.07) is 4.56. The van der Waals surface area contributed by atoms with Gasteiger partial charge in [0.2, 0.25) is 10.0 Å². The average Bonchev–Trinajstić information content (AvgIpc) is 2.75. The second kappa shape index (κ2) is 11.1. The molecule has 0 aliphatic carbocycles. The van der Waals surface area contributed by atoms with Crippen LogP contribution in [0, 0.1) is 5.92 Å². The fourth-order valence-electron chi connectivity index (χ4n) is 3.05. The van der Waals surface area contributed by atoms with E-state index in [9.17, 15) is 22.8 Å². The summed E-state index contributed by atoms with van der Waals surface area (Å²) in [5.41, 5.74) is -0.642. The highest BCUT2D eigenvalue weighted by Gasteiger charge is 2.30. The van der Waals surface area contributed by atoms with Crippen LogP contribution in [-0.4, -0.2) is 75.1 Å². The Morgan fingerprint density at radius 3 is 2.36 bits per heavy atom. The molecule has 33 heavy (non-hydrogen) atoms. The number of hydrogen-bond donors (Lipinski definition) is 1. The van der Waals surface area contributed by atoms with Crippen LogP contribution in [0.3, 0.4) is 0 Å². The van der Waals surface area contributed by atoms with Crippen molar-refractivity contribution in [1.29, 1.82) is 0 Å². The first-order chi connectivity index (χ1) is 15.3. The summed E-state index contributed by atoms with van der Waals surface area (Å²) >= 11 is 0. The molecule has 184 valence electrons. The van der Waals surface area contributed by atoms with Crippen molar-refractivity contribution in [2.75, 3.05) is 32.9 Å². The number of esters is 2. The van der Waals surface area contributed by atoms with Crippen molar-refractivity contribution in [1.82, 2.24) is 9.62 Å². The number of sulfonamides is 1. The Kier molecular flexibility index (Phi) is 8.98. The predicted molar refractivity (Wildman–Crippen MR) is 119 cm³/mol. The molecule has 0 aromatic heterocycles. The quantitative estimate of drug-likeness (QED) is 0.548. The predicted octanol–water partition coefficient (Wildman–Crippen LogP) is 1.35. The standard InChI is InChI=1S/C22H32N2O8S/c1-15(2)19(21(27)31-14-18(25)32-22(3,4)5)23-20(26)16-7-6-8-17(13-16)33(28,29)24-9-11-30-12-10-24/h6-8,13,15,19H,9-12,14H2,1-5H3,(H,23,26)/t19-/m0/s1. The van der Waals surface area contributed by atoms with E-state index in [4.69, 9.17) is 14.2 Å². The van der Waals surface area contributed by atoms with E-state index in [1.54, 1.807) is 34.6 Å². The van der Waals surface area contributed by atoms with Gasteiger partial charge in [-0.2, -0.15) is 4.31 Å². The van der Waals surface area contributed by atoms with Gasteiger partial charge in [-0.25, -0.2) is 18.0 Å². The molecule has 1 heterocycles. The molecule has 1 aromatic carbocycles. The van der Waals surface area contributed by atoms with Crippen molar-refractivity contribution < 1.29 is 37.0 Å². The fourth-order valence-corrected chi connectivity index (χ4v) is 4.50. The SMILES string of the molecule is CC(C)[C@H](NC(=O)c1cccc(S(=O)(=O)N2CCOCC2)c1)C(=O)OCC(=O)OC(C)(C)C. The summed E-state index contributed by atoms with van der Waals surface area (Å²) in [4.78, 5) is 37.1. The highest BCUT2D eigenvalue weighted by Crippen LogP contribution is 2.19. The first kappa shape index (κ1) is 26.7. The maximum Gasteiger partial charge on any atom is 0.344 e. The van der Waals surface area contributed by atoms with Gasteiger partial charge < -0.3 is 19.5 Å².